The van der Waals surface area contributed by atoms with E-state index < -0.39 is 0 Å². The number of ether oxygens (including phenoxy) is 1. The Morgan fingerprint density at radius 1 is 1.11 bits per heavy atom. The maximum absolute atomic E-state index is 5.46. The molecular weight excluding hydrogens is 372 g/mol. The SMILES string of the molecule is COc1ccccc1[C@H](C)CNc1cc(-c2cnc3[nH]ncc3c2)ncn1.S. The summed E-state index contributed by atoms with van der Waals surface area (Å²) < 4.78 is 5.46. The van der Waals surface area contributed by atoms with Crippen molar-refractivity contribution < 1.29 is 4.74 Å². The molecule has 144 valence electrons. The number of aromatic amines is 1. The van der Waals surface area contributed by atoms with Crippen LogP contribution in [-0.4, -0.2) is 38.8 Å². The van der Waals surface area contributed by atoms with Crippen LogP contribution in [0.15, 0.2) is 55.1 Å². The highest BCUT2D eigenvalue weighted by atomic mass is 32.1. The molecule has 0 aliphatic heterocycles. The van der Waals surface area contributed by atoms with Crippen LogP contribution in [0.25, 0.3) is 22.3 Å². The predicted octanol–water partition coefficient (Wildman–Crippen LogP) is 3.75. The van der Waals surface area contributed by atoms with Crippen molar-refractivity contribution in [2.24, 2.45) is 0 Å². The Kier molecular flexibility index (Phi) is 6.10. The molecule has 0 saturated carbocycles. The van der Waals surface area contributed by atoms with Gasteiger partial charge in [-0.2, -0.15) is 18.6 Å². The fourth-order valence-corrected chi connectivity index (χ4v) is 3.03. The molecule has 8 heteroatoms. The lowest BCUT2D eigenvalue weighted by Crippen LogP contribution is -2.12. The molecule has 0 radical (unpaired) electrons. The van der Waals surface area contributed by atoms with Crippen molar-refractivity contribution in [1.29, 1.82) is 0 Å². The van der Waals surface area contributed by atoms with Crippen molar-refractivity contribution in [3.63, 3.8) is 0 Å². The summed E-state index contributed by atoms with van der Waals surface area (Å²) in [5.74, 6) is 1.94. The number of rotatable bonds is 6. The van der Waals surface area contributed by atoms with Crippen LogP contribution < -0.4 is 10.1 Å². The van der Waals surface area contributed by atoms with Crippen LogP contribution >= 0.6 is 13.5 Å². The fraction of sp³-hybridized carbons (Fsp3) is 0.200. The highest BCUT2D eigenvalue weighted by Crippen LogP contribution is 2.27. The smallest absolute Gasteiger partial charge is 0.155 e. The highest BCUT2D eigenvalue weighted by Gasteiger charge is 2.11. The Bertz CT molecular complexity index is 1070. The number of benzene rings is 1. The van der Waals surface area contributed by atoms with Crippen molar-refractivity contribution >= 4 is 30.3 Å². The normalized spacial score (nSPS) is 11.6. The molecule has 2 N–H and O–H groups in total. The number of pyridine rings is 1. The molecule has 0 aliphatic rings. The first-order valence-electron chi connectivity index (χ1n) is 8.73. The topological polar surface area (TPSA) is 88.6 Å². The third-order valence-electron chi connectivity index (χ3n) is 4.51. The zero-order valence-electron chi connectivity index (χ0n) is 15.7. The molecule has 0 fully saturated rings. The molecule has 0 spiro atoms. The molecule has 4 rings (SSSR count). The van der Waals surface area contributed by atoms with Crippen LogP contribution in [0.2, 0.25) is 0 Å². The maximum atomic E-state index is 5.46. The molecule has 0 bridgehead atoms. The van der Waals surface area contributed by atoms with Crippen LogP contribution in [0.1, 0.15) is 18.4 Å². The van der Waals surface area contributed by atoms with Crippen LogP contribution in [0.5, 0.6) is 5.75 Å². The monoisotopic (exact) mass is 394 g/mol. The average molecular weight is 395 g/mol. The van der Waals surface area contributed by atoms with E-state index in [9.17, 15) is 0 Å². The van der Waals surface area contributed by atoms with Crippen molar-refractivity contribution in [2.75, 3.05) is 19.0 Å². The molecule has 4 aromatic rings. The van der Waals surface area contributed by atoms with Gasteiger partial charge in [-0.05, 0) is 17.7 Å². The minimum Gasteiger partial charge on any atom is -0.496 e. The van der Waals surface area contributed by atoms with E-state index in [1.54, 1.807) is 25.8 Å². The first-order chi connectivity index (χ1) is 13.2. The summed E-state index contributed by atoms with van der Waals surface area (Å²) in [6, 6.07) is 12.0. The highest BCUT2D eigenvalue weighted by molar-refractivity contribution is 7.59. The number of nitrogens with zero attached hydrogens (tertiary/aromatic N) is 4. The minimum atomic E-state index is 0. The Balaban J connectivity index is 0.00000225. The summed E-state index contributed by atoms with van der Waals surface area (Å²) in [5.41, 5.74) is 3.66. The first kappa shape index (κ1) is 19.6. The van der Waals surface area contributed by atoms with Crippen molar-refractivity contribution in [3.8, 4) is 17.0 Å². The predicted molar refractivity (Wildman–Crippen MR) is 115 cm³/mol. The zero-order chi connectivity index (χ0) is 18.6. The lowest BCUT2D eigenvalue weighted by atomic mass is 10.00. The van der Waals surface area contributed by atoms with Gasteiger partial charge in [-0.1, -0.05) is 25.1 Å². The Labute approximate surface area is 170 Å². The van der Waals surface area contributed by atoms with Crippen LogP contribution in [-0.2, 0) is 0 Å². The summed E-state index contributed by atoms with van der Waals surface area (Å²) in [4.78, 5) is 13.1. The van der Waals surface area contributed by atoms with E-state index in [1.807, 2.05) is 30.3 Å². The zero-order valence-corrected chi connectivity index (χ0v) is 16.7. The van der Waals surface area contributed by atoms with Gasteiger partial charge in [0.25, 0.3) is 0 Å². The standard InChI is InChI=1S/C20H20N6O.H2S/c1-13(16-5-3-4-6-18(16)27-2)9-21-19-8-17(23-12-24-19)14-7-15-11-25-26-20(15)22-10-14;/h3-8,10-13H,9H2,1-2H3,(H,21,23,24)(H,22,25,26);1H2/t13-;/m1./s1. The third-order valence-corrected chi connectivity index (χ3v) is 4.51. The van der Waals surface area contributed by atoms with Gasteiger partial charge in [0.1, 0.15) is 17.9 Å². The van der Waals surface area contributed by atoms with Crippen molar-refractivity contribution in [2.45, 2.75) is 12.8 Å². The van der Waals surface area contributed by atoms with Gasteiger partial charge in [-0.25, -0.2) is 15.0 Å². The summed E-state index contributed by atoms with van der Waals surface area (Å²) in [6.45, 7) is 2.89. The van der Waals surface area contributed by atoms with Gasteiger partial charge in [-0.3, -0.25) is 5.10 Å². The summed E-state index contributed by atoms with van der Waals surface area (Å²) in [6.07, 6.45) is 5.09. The van der Waals surface area contributed by atoms with E-state index in [4.69, 9.17) is 4.74 Å². The second kappa shape index (κ2) is 8.71. The van der Waals surface area contributed by atoms with E-state index in [-0.39, 0.29) is 19.4 Å². The van der Waals surface area contributed by atoms with Crippen LogP contribution in [0.4, 0.5) is 5.82 Å². The lowest BCUT2D eigenvalue weighted by Gasteiger charge is -2.16. The van der Waals surface area contributed by atoms with Crippen LogP contribution in [0, 0.1) is 0 Å². The second-order valence-electron chi connectivity index (χ2n) is 6.34. The van der Waals surface area contributed by atoms with E-state index in [0.29, 0.717) is 0 Å². The summed E-state index contributed by atoms with van der Waals surface area (Å²) >= 11 is 0. The number of nitrogens with one attached hydrogen (secondary N) is 2. The van der Waals surface area contributed by atoms with Gasteiger partial charge < -0.3 is 10.1 Å². The number of anilines is 1. The first-order valence-corrected chi connectivity index (χ1v) is 8.73. The molecular formula is C20H22N6OS. The fourth-order valence-electron chi connectivity index (χ4n) is 3.03. The average Bonchev–Trinajstić information content (AvgIpc) is 3.20. The molecule has 28 heavy (non-hydrogen) atoms. The van der Waals surface area contributed by atoms with Gasteiger partial charge in [0.2, 0.25) is 0 Å². The largest absolute Gasteiger partial charge is 0.496 e. The Morgan fingerprint density at radius 2 is 1.96 bits per heavy atom. The Hall–Kier alpha value is -3.13. The van der Waals surface area contributed by atoms with E-state index in [2.05, 4.69) is 43.5 Å². The Morgan fingerprint density at radius 3 is 2.82 bits per heavy atom. The van der Waals surface area contributed by atoms with Crippen molar-refractivity contribution in [3.05, 3.63) is 60.7 Å². The number of hydrogen-bond donors (Lipinski definition) is 2. The lowest BCUT2D eigenvalue weighted by molar-refractivity contribution is 0.407. The second-order valence-corrected chi connectivity index (χ2v) is 6.34. The maximum Gasteiger partial charge on any atom is 0.155 e. The van der Waals surface area contributed by atoms with Gasteiger partial charge in [0, 0.05) is 35.7 Å². The van der Waals surface area contributed by atoms with Crippen LogP contribution in [0.3, 0.4) is 0 Å². The molecule has 0 unspecified atom stereocenters. The van der Waals surface area contributed by atoms with Gasteiger partial charge >= 0.3 is 0 Å². The quantitative estimate of drug-likeness (QED) is 0.518. The molecule has 3 aromatic heterocycles. The number of H-pyrrole nitrogens is 1. The third kappa shape index (κ3) is 4.07. The van der Waals surface area contributed by atoms with Crippen molar-refractivity contribution in [1.82, 2.24) is 25.1 Å². The molecule has 0 aliphatic carbocycles. The number of fused-ring (bicyclic) bond motifs is 1. The molecule has 7 nitrogen and oxygen atoms in total. The van der Waals surface area contributed by atoms with Gasteiger partial charge in [0.15, 0.2) is 5.65 Å². The van der Waals surface area contributed by atoms with E-state index in [1.165, 1.54) is 0 Å². The van der Waals surface area contributed by atoms with E-state index in [0.717, 1.165) is 46.0 Å². The number of para-hydroxylation sites is 1. The number of methoxy groups -OCH3 is 1. The van der Waals surface area contributed by atoms with E-state index >= 15 is 0 Å². The summed E-state index contributed by atoms with van der Waals surface area (Å²) in [5, 5.41) is 11.2. The molecule has 3 heterocycles. The number of aromatic nitrogens is 5. The number of hydrogen-bond acceptors (Lipinski definition) is 6. The molecule has 0 saturated heterocycles. The van der Waals surface area contributed by atoms with Gasteiger partial charge in [-0.15, -0.1) is 0 Å². The van der Waals surface area contributed by atoms with Gasteiger partial charge in [0.05, 0.1) is 19.0 Å². The minimum absolute atomic E-state index is 0. The summed E-state index contributed by atoms with van der Waals surface area (Å²) in [7, 11) is 1.69. The molecule has 1 aromatic carbocycles. The molecule has 0 amide bonds. The molecule has 1 atom stereocenters.